The molecule has 1 saturated heterocycles. The number of amides is 1. The molecule has 8 nitrogen and oxygen atoms in total. The van der Waals surface area contributed by atoms with Crippen LogP contribution < -0.4 is 10.1 Å². The normalized spacial score (nSPS) is 15.7. The Morgan fingerprint density at radius 2 is 1.93 bits per heavy atom. The fraction of sp³-hybridized carbons (Fsp3) is 0.611. The standard InChI is InChI=1S/C18H29N3O5S/c1-4-21(5-2)27(23,24)15-6-7-17(25-3)16(14-15)18(22)19-8-9-20-10-12-26-13-11-20/h6-7,14H,4-5,8-13H2,1-3H3,(H,19,22). The van der Waals surface area contributed by atoms with Crippen molar-refractivity contribution in [2.45, 2.75) is 18.7 Å². The Kier molecular flexibility index (Phi) is 8.03. The molecule has 9 heteroatoms. The van der Waals surface area contributed by atoms with Crippen molar-refractivity contribution in [3.05, 3.63) is 23.8 Å². The minimum atomic E-state index is -3.64. The molecule has 1 aliphatic rings. The highest BCUT2D eigenvalue weighted by molar-refractivity contribution is 7.89. The quantitative estimate of drug-likeness (QED) is 0.660. The third kappa shape index (κ3) is 5.41. The zero-order chi connectivity index (χ0) is 19.9. The Morgan fingerprint density at radius 1 is 1.26 bits per heavy atom. The molecule has 27 heavy (non-hydrogen) atoms. The number of methoxy groups -OCH3 is 1. The molecule has 1 aromatic carbocycles. The van der Waals surface area contributed by atoms with Crippen molar-refractivity contribution in [2.24, 2.45) is 0 Å². The molecule has 1 heterocycles. The number of carbonyl (C=O) groups excluding carboxylic acids is 1. The van der Waals surface area contributed by atoms with Crippen molar-refractivity contribution in [2.75, 3.05) is 59.6 Å². The van der Waals surface area contributed by atoms with E-state index in [9.17, 15) is 13.2 Å². The smallest absolute Gasteiger partial charge is 0.255 e. The average Bonchev–Trinajstić information content (AvgIpc) is 2.69. The van der Waals surface area contributed by atoms with Gasteiger partial charge in [-0.05, 0) is 18.2 Å². The highest BCUT2D eigenvalue weighted by atomic mass is 32.2. The lowest BCUT2D eigenvalue weighted by Crippen LogP contribution is -2.41. The van der Waals surface area contributed by atoms with E-state index in [4.69, 9.17) is 9.47 Å². The van der Waals surface area contributed by atoms with Gasteiger partial charge in [-0.2, -0.15) is 4.31 Å². The van der Waals surface area contributed by atoms with Gasteiger partial charge in [0, 0.05) is 39.3 Å². The minimum absolute atomic E-state index is 0.0883. The molecule has 0 radical (unpaired) electrons. The van der Waals surface area contributed by atoms with E-state index in [2.05, 4.69) is 10.2 Å². The second kappa shape index (κ2) is 10.0. The van der Waals surface area contributed by atoms with Gasteiger partial charge < -0.3 is 14.8 Å². The van der Waals surface area contributed by atoms with Crippen LogP contribution in [0.5, 0.6) is 5.75 Å². The van der Waals surface area contributed by atoms with E-state index in [0.29, 0.717) is 38.6 Å². The number of ether oxygens (including phenoxy) is 2. The summed E-state index contributed by atoms with van der Waals surface area (Å²) in [5.41, 5.74) is 0.215. The van der Waals surface area contributed by atoms with Gasteiger partial charge in [-0.3, -0.25) is 9.69 Å². The molecule has 0 aliphatic carbocycles. The van der Waals surface area contributed by atoms with E-state index in [1.165, 1.54) is 29.6 Å². The zero-order valence-electron chi connectivity index (χ0n) is 16.2. The number of morpholine rings is 1. The molecule has 0 unspecified atom stereocenters. The van der Waals surface area contributed by atoms with Crippen molar-refractivity contribution in [1.29, 1.82) is 0 Å². The van der Waals surface area contributed by atoms with Gasteiger partial charge in [0.15, 0.2) is 0 Å². The van der Waals surface area contributed by atoms with Crippen molar-refractivity contribution >= 4 is 15.9 Å². The molecule has 1 amide bonds. The van der Waals surface area contributed by atoms with E-state index < -0.39 is 10.0 Å². The van der Waals surface area contributed by atoms with Crippen LogP contribution in [0.4, 0.5) is 0 Å². The maximum atomic E-state index is 12.7. The number of rotatable bonds is 9. The lowest BCUT2D eigenvalue weighted by Gasteiger charge is -2.26. The summed E-state index contributed by atoms with van der Waals surface area (Å²) in [6.45, 7) is 8.57. The van der Waals surface area contributed by atoms with Crippen molar-refractivity contribution in [1.82, 2.24) is 14.5 Å². The van der Waals surface area contributed by atoms with Gasteiger partial charge in [0.05, 0.1) is 30.8 Å². The van der Waals surface area contributed by atoms with Gasteiger partial charge in [-0.15, -0.1) is 0 Å². The van der Waals surface area contributed by atoms with Gasteiger partial charge in [-0.25, -0.2) is 8.42 Å². The lowest BCUT2D eigenvalue weighted by molar-refractivity contribution is 0.0383. The molecule has 1 aromatic rings. The first kappa shape index (κ1) is 21.6. The van der Waals surface area contributed by atoms with Crippen molar-refractivity contribution < 1.29 is 22.7 Å². The first-order valence-corrected chi connectivity index (χ1v) is 10.6. The Bertz CT molecular complexity index is 729. The number of benzene rings is 1. The van der Waals surface area contributed by atoms with Gasteiger partial charge >= 0.3 is 0 Å². The van der Waals surface area contributed by atoms with E-state index in [1.807, 2.05) is 0 Å². The molecule has 0 saturated carbocycles. The number of hydrogen-bond donors (Lipinski definition) is 1. The molecule has 1 aliphatic heterocycles. The van der Waals surface area contributed by atoms with Gasteiger partial charge in [-0.1, -0.05) is 13.8 Å². The lowest BCUT2D eigenvalue weighted by atomic mass is 10.2. The Hall–Kier alpha value is -1.68. The average molecular weight is 400 g/mol. The maximum Gasteiger partial charge on any atom is 0.255 e. The number of nitrogens with one attached hydrogen (secondary N) is 1. The van der Waals surface area contributed by atoms with Crippen LogP contribution in [0.15, 0.2) is 23.1 Å². The first-order chi connectivity index (χ1) is 12.9. The predicted molar refractivity (Wildman–Crippen MR) is 103 cm³/mol. The molecule has 1 N–H and O–H groups in total. The summed E-state index contributed by atoms with van der Waals surface area (Å²) in [5, 5.41) is 2.85. The van der Waals surface area contributed by atoms with Crippen LogP contribution in [0.3, 0.4) is 0 Å². The Morgan fingerprint density at radius 3 is 2.52 bits per heavy atom. The summed E-state index contributed by atoms with van der Waals surface area (Å²) in [6, 6.07) is 4.38. The fourth-order valence-corrected chi connectivity index (χ4v) is 4.47. The summed E-state index contributed by atoms with van der Waals surface area (Å²) >= 11 is 0. The van der Waals surface area contributed by atoms with E-state index in [-0.39, 0.29) is 16.4 Å². The van der Waals surface area contributed by atoms with Crippen LogP contribution in [0.2, 0.25) is 0 Å². The number of sulfonamides is 1. The molecule has 0 aromatic heterocycles. The summed E-state index contributed by atoms with van der Waals surface area (Å²) < 4.78 is 37.4. The van der Waals surface area contributed by atoms with E-state index in [0.717, 1.165) is 19.6 Å². The maximum absolute atomic E-state index is 12.7. The molecule has 1 fully saturated rings. The van der Waals surface area contributed by atoms with Crippen LogP contribution in [-0.2, 0) is 14.8 Å². The van der Waals surface area contributed by atoms with Crippen LogP contribution in [0.1, 0.15) is 24.2 Å². The van der Waals surface area contributed by atoms with Crippen LogP contribution in [0.25, 0.3) is 0 Å². The number of hydrogen-bond acceptors (Lipinski definition) is 6. The third-order valence-corrected chi connectivity index (χ3v) is 6.62. The third-order valence-electron chi connectivity index (χ3n) is 4.58. The predicted octanol–water partition coefficient (Wildman–Crippen LogP) is 0.788. The van der Waals surface area contributed by atoms with Crippen molar-refractivity contribution in [3.63, 3.8) is 0 Å². The van der Waals surface area contributed by atoms with Crippen molar-refractivity contribution in [3.8, 4) is 5.75 Å². The largest absolute Gasteiger partial charge is 0.496 e. The second-order valence-corrected chi connectivity index (χ2v) is 8.10. The molecule has 0 atom stereocenters. The van der Waals surface area contributed by atoms with Crippen LogP contribution >= 0.6 is 0 Å². The SMILES string of the molecule is CCN(CC)S(=O)(=O)c1ccc(OC)c(C(=O)NCCN2CCOCC2)c1. The highest BCUT2D eigenvalue weighted by Gasteiger charge is 2.24. The summed E-state index contributed by atoms with van der Waals surface area (Å²) in [4.78, 5) is 14.9. The van der Waals surface area contributed by atoms with Gasteiger partial charge in [0.1, 0.15) is 5.75 Å². The molecule has 152 valence electrons. The highest BCUT2D eigenvalue weighted by Crippen LogP contribution is 2.24. The summed E-state index contributed by atoms with van der Waals surface area (Å²) in [5.74, 6) is -0.00549. The van der Waals surface area contributed by atoms with Crippen LogP contribution in [-0.4, -0.2) is 83.1 Å². The molecule has 0 bridgehead atoms. The molecular formula is C18H29N3O5S. The van der Waals surface area contributed by atoms with Gasteiger partial charge in [0.25, 0.3) is 5.91 Å². The zero-order valence-corrected chi connectivity index (χ0v) is 17.0. The van der Waals surface area contributed by atoms with Crippen LogP contribution in [0, 0.1) is 0 Å². The monoisotopic (exact) mass is 399 g/mol. The Balaban J connectivity index is 2.13. The topological polar surface area (TPSA) is 88.2 Å². The Labute approximate surface area is 161 Å². The van der Waals surface area contributed by atoms with E-state index >= 15 is 0 Å². The van der Waals surface area contributed by atoms with E-state index in [1.54, 1.807) is 13.8 Å². The number of nitrogens with zero attached hydrogens (tertiary/aromatic N) is 2. The summed E-state index contributed by atoms with van der Waals surface area (Å²) in [7, 11) is -2.19. The molecular weight excluding hydrogens is 370 g/mol. The second-order valence-electron chi connectivity index (χ2n) is 6.16. The molecule has 2 rings (SSSR count). The molecule has 0 spiro atoms. The fourth-order valence-electron chi connectivity index (χ4n) is 2.99. The summed E-state index contributed by atoms with van der Waals surface area (Å²) in [6.07, 6.45) is 0. The minimum Gasteiger partial charge on any atom is -0.496 e. The van der Waals surface area contributed by atoms with Gasteiger partial charge in [0.2, 0.25) is 10.0 Å². The first-order valence-electron chi connectivity index (χ1n) is 9.20. The number of carbonyl (C=O) groups is 1.